The van der Waals surface area contributed by atoms with E-state index in [-0.39, 0.29) is 35.7 Å². The van der Waals surface area contributed by atoms with Crippen LogP contribution in [0.4, 0.5) is 0 Å². The molecule has 2 rings (SSSR count). The maximum atomic E-state index is 12.4. The molecule has 2 aromatic rings. The second-order valence-corrected chi connectivity index (χ2v) is 5.35. The average molecular weight is 332 g/mol. The summed E-state index contributed by atoms with van der Waals surface area (Å²) in [4.78, 5) is 35.9. The normalized spacial score (nSPS) is 12.0. The predicted molar refractivity (Wildman–Crippen MR) is 88.6 cm³/mol. The van der Waals surface area contributed by atoms with Crippen LogP contribution < -0.4 is 10.4 Å². The van der Waals surface area contributed by atoms with Gasteiger partial charge in [-0.3, -0.25) is 4.79 Å². The van der Waals surface area contributed by atoms with Crippen LogP contribution in [0.15, 0.2) is 27.4 Å². The molecule has 0 fully saturated rings. The van der Waals surface area contributed by atoms with Gasteiger partial charge in [0.25, 0.3) is 0 Å². The fourth-order valence-electron chi connectivity index (χ4n) is 2.40. The summed E-state index contributed by atoms with van der Waals surface area (Å²) in [6.07, 6.45) is -0.677. The molecule has 0 aliphatic heterocycles. The summed E-state index contributed by atoms with van der Waals surface area (Å²) in [6, 6.07) is 4.67. The monoisotopic (exact) mass is 332 g/mol. The number of ketones is 1. The van der Waals surface area contributed by atoms with E-state index in [4.69, 9.17) is 13.9 Å². The summed E-state index contributed by atoms with van der Waals surface area (Å²) in [5.74, 6) is -0.567. The Hall–Kier alpha value is -2.63. The van der Waals surface area contributed by atoms with Crippen molar-refractivity contribution in [2.24, 2.45) is 0 Å². The van der Waals surface area contributed by atoms with Gasteiger partial charge in [0.05, 0.1) is 6.61 Å². The molecule has 0 aliphatic carbocycles. The third kappa shape index (κ3) is 3.48. The van der Waals surface area contributed by atoms with E-state index in [1.54, 1.807) is 32.9 Å². The van der Waals surface area contributed by atoms with Crippen LogP contribution in [0.1, 0.15) is 43.1 Å². The molecule has 0 saturated heterocycles. The van der Waals surface area contributed by atoms with E-state index in [2.05, 4.69) is 0 Å². The molecule has 0 aliphatic rings. The first kappa shape index (κ1) is 17.7. The molecule has 1 aromatic carbocycles. The van der Waals surface area contributed by atoms with Gasteiger partial charge in [-0.15, -0.1) is 0 Å². The fourth-order valence-corrected chi connectivity index (χ4v) is 2.40. The molecule has 6 nitrogen and oxygen atoms in total. The Balaban J connectivity index is 2.60. The number of Topliss-reactive ketones (excluding diaryl/α,β-unsaturated/α-hetero) is 1. The highest BCUT2D eigenvalue weighted by Gasteiger charge is 2.23. The summed E-state index contributed by atoms with van der Waals surface area (Å²) in [5.41, 5.74) is 0.518. The van der Waals surface area contributed by atoms with Crippen molar-refractivity contribution in [3.63, 3.8) is 0 Å². The van der Waals surface area contributed by atoms with Crippen LogP contribution in [-0.4, -0.2) is 24.5 Å². The van der Waals surface area contributed by atoms with E-state index in [0.29, 0.717) is 10.9 Å². The number of carbonyl (C=O) groups is 2. The molecule has 6 heteroatoms. The van der Waals surface area contributed by atoms with Gasteiger partial charge in [0.15, 0.2) is 17.5 Å². The molecular formula is C18H20O6. The fraction of sp³-hybridized carbons (Fsp3) is 0.389. The predicted octanol–water partition coefficient (Wildman–Crippen LogP) is 3.02. The largest absolute Gasteiger partial charge is 0.478 e. The second-order valence-electron chi connectivity index (χ2n) is 5.35. The molecule has 0 bridgehead atoms. The van der Waals surface area contributed by atoms with Gasteiger partial charge in [0.1, 0.15) is 11.3 Å². The molecule has 24 heavy (non-hydrogen) atoms. The summed E-state index contributed by atoms with van der Waals surface area (Å²) in [6.45, 7) is 6.94. The molecule has 0 saturated carbocycles. The van der Waals surface area contributed by atoms with Crippen molar-refractivity contribution < 1.29 is 23.5 Å². The third-order valence-corrected chi connectivity index (χ3v) is 3.60. The van der Waals surface area contributed by atoms with E-state index in [1.807, 2.05) is 0 Å². The Morgan fingerprint density at radius 2 is 1.96 bits per heavy atom. The van der Waals surface area contributed by atoms with Crippen molar-refractivity contribution in [2.75, 3.05) is 6.61 Å². The molecular weight excluding hydrogens is 312 g/mol. The Labute approximate surface area is 139 Å². The van der Waals surface area contributed by atoms with E-state index >= 15 is 0 Å². The van der Waals surface area contributed by atoms with Crippen LogP contribution in [0, 0.1) is 6.92 Å². The second kappa shape index (κ2) is 7.29. The van der Waals surface area contributed by atoms with Crippen molar-refractivity contribution >= 4 is 22.7 Å². The lowest BCUT2D eigenvalue weighted by Crippen LogP contribution is -2.26. The Morgan fingerprint density at radius 1 is 1.25 bits per heavy atom. The van der Waals surface area contributed by atoms with E-state index < -0.39 is 17.7 Å². The smallest absolute Gasteiger partial charge is 0.347 e. The highest BCUT2D eigenvalue weighted by Crippen LogP contribution is 2.31. The zero-order valence-corrected chi connectivity index (χ0v) is 14.2. The number of benzene rings is 1. The molecule has 0 spiro atoms. The number of hydrogen-bond acceptors (Lipinski definition) is 6. The molecule has 1 aromatic heterocycles. The minimum atomic E-state index is -0.887. The lowest BCUT2D eigenvalue weighted by Gasteiger charge is -2.17. The zero-order chi connectivity index (χ0) is 17.9. The maximum Gasteiger partial charge on any atom is 0.347 e. The molecule has 1 unspecified atom stereocenters. The number of hydrogen-bond donors (Lipinski definition) is 0. The number of carbonyl (C=O) groups excluding carboxylic acids is 2. The first-order chi connectivity index (χ1) is 11.4. The van der Waals surface area contributed by atoms with Crippen LogP contribution in [0.5, 0.6) is 5.75 Å². The van der Waals surface area contributed by atoms with Crippen LogP contribution in [0.25, 0.3) is 11.0 Å². The van der Waals surface area contributed by atoms with Gasteiger partial charge in [-0.1, -0.05) is 6.92 Å². The Morgan fingerprint density at radius 3 is 2.58 bits per heavy atom. The lowest BCUT2D eigenvalue weighted by atomic mass is 10.0. The number of esters is 1. The standard InChI is InChI=1S/C18H20O6/c1-5-13(19)16-14(23-11(4)18(21)22-6-2)8-7-12-10(3)9-15(20)24-17(12)16/h7-9,11H,5-6H2,1-4H3. The molecule has 1 heterocycles. The van der Waals surface area contributed by atoms with E-state index in [0.717, 1.165) is 0 Å². The zero-order valence-electron chi connectivity index (χ0n) is 14.2. The van der Waals surface area contributed by atoms with Gasteiger partial charge in [0.2, 0.25) is 0 Å². The van der Waals surface area contributed by atoms with Crippen LogP contribution >= 0.6 is 0 Å². The average Bonchev–Trinajstić information content (AvgIpc) is 2.53. The van der Waals surface area contributed by atoms with Crippen LogP contribution in [0.3, 0.4) is 0 Å². The minimum absolute atomic E-state index is 0.173. The van der Waals surface area contributed by atoms with Crippen molar-refractivity contribution in [3.05, 3.63) is 39.7 Å². The first-order valence-electron chi connectivity index (χ1n) is 7.83. The first-order valence-corrected chi connectivity index (χ1v) is 7.83. The van der Waals surface area contributed by atoms with Crippen molar-refractivity contribution in [1.29, 1.82) is 0 Å². The van der Waals surface area contributed by atoms with Crippen molar-refractivity contribution in [1.82, 2.24) is 0 Å². The van der Waals surface area contributed by atoms with Gasteiger partial charge in [-0.2, -0.15) is 0 Å². The van der Waals surface area contributed by atoms with Crippen LogP contribution in [-0.2, 0) is 9.53 Å². The number of fused-ring (bicyclic) bond motifs is 1. The van der Waals surface area contributed by atoms with E-state index in [9.17, 15) is 14.4 Å². The van der Waals surface area contributed by atoms with Gasteiger partial charge in [0, 0.05) is 17.9 Å². The Kier molecular flexibility index (Phi) is 5.39. The highest BCUT2D eigenvalue weighted by atomic mass is 16.6. The quantitative estimate of drug-likeness (QED) is 0.459. The van der Waals surface area contributed by atoms with E-state index in [1.165, 1.54) is 13.0 Å². The SMILES string of the molecule is CCOC(=O)C(C)Oc1ccc2c(C)cc(=O)oc2c1C(=O)CC. The molecule has 1 atom stereocenters. The van der Waals surface area contributed by atoms with Crippen LogP contribution in [0.2, 0.25) is 0 Å². The van der Waals surface area contributed by atoms with Gasteiger partial charge in [-0.25, -0.2) is 9.59 Å². The maximum absolute atomic E-state index is 12.4. The highest BCUT2D eigenvalue weighted by molar-refractivity contribution is 6.08. The molecule has 128 valence electrons. The molecule has 0 radical (unpaired) electrons. The van der Waals surface area contributed by atoms with Crippen molar-refractivity contribution in [3.8, 4) is 5.75 Å². The minimum Gasteiger partial charge on any atom is -0.478 e. The lowest BCUT2D eigenvalue weighted by molar-refractivity contribution is -0.150. The molecule has 0 amide bonds. The third-order valence-electron chi connectivity index (χ3n) is 3.60. The summed E-state index contributed by atoms with van der Waals surface area (Å²) < 4.78 is 15.8. The summed E-state index contributed by atoms with van der Waals surface area (Å²) in [5, 5.41) is 0.655. The van der Waals surface area contributed by atoms with Crippen molar-refractivity contribution in [2.45, 2.75) is 40.2 Å². The topological polar surface area (TPSA) is 82.8 Å². The number of ether oxygens (including phenoxy) is 2. The molecule has 0 N–H and O–H groups in total. The number of rotatable bonds is 6. The van der Waals surface area contributed by atoms with Gasteiger partial charge < -0.3 is 13.9 Å². The number of aryl methyl sites for hydroxylation is 1. The summed E-state index contributed by atoms with van der Waals surface area (Å²) in [7, 11) is 0. The van der Waals surface area contributed by atoms with Gasteiger partial charge >= 0.3 is 11.6 Å². The van der Waals surface area contributed by atoms with Gasteiger partial charge in [-0.05, 0) is 38.5 Å². The summed E-state index contributed by atoms with van der Waals surface area (Å²) >= 11 is 0. The Bertz CT molecular complexity index is 833.